The standard InChI is InChI=1S/C13H22IN9O8P2/c1-19-10-9-11(22-12(14)21-10)23(5-20-9)7-2-8(27-33(25,30-17)31-18)13(3-6(7)13)4-26-32(24,28-15)29-16/h5-8H,2-4,15-18H2,1H3,(H,19,21,22). The zero-order valence-corrected chi connectivity index (χ0v) is 21.0. The summed E-state index contributed by atoms with van der Waals surface area (Å²) in [5.41, 5.74) is 0.344. The molecule has 0 saturated heterocycles. The van der Waals surface area contributed by atoms with Crippen molar-refractivity contribution in [2.45, 2.75) is 25.0 Å². The Balaban J connectivity index is 1.69. The highest BCUT2D eigenvalue weighted by molar-refractivity contribution is 14.1. The van der Waals surface area contributed by atoms with Crippen LogP contribution >= 0.6 is 38.2 Å². The summed E-state index contributed by atoms with van der Waals surface area (Å²) in [6, 6.07) is -0.236. The molecule has 2 aromatic rings. The number of nitrogens with zero attached hydrogens (tertiary/aromatic N) is 4. The molecule has 33 heavy (non-hydrogen) atoms. The van der Waals surface area contributed by atoms with Gasteiger partial charge in [-0.25, -0.2) is 47.7 Å². The average molecular weight is 621 g/mol. The van der Waals surface area contributed by atoms with Crippen molar-refractivity contribution < 1.29 is 36.7 Å². The van der Waals surface area contributed by atoms with Crippen LogP contribution in [-0.2, 0) is 36.7 Å². The van der Waals surface area contributed by atoms with Gasteiger partial charge >= 0.3 is 15.6 Å². The molecular weight excluding hydrogens is 599 g/mol. The number of imidazole rings is 1. The van der Waals surface area contributed by atoms with Gasteiger partial charge in [0.15, 0.2) is 20.8 Å². The monoisotopic (exact) mass is 621 g/mol. The number of nitrogens with two attached hydrogens (primary N) is 4. The molecule has 2 aromatic heterocycles. The lowest BCUT2D eigenvalue weighted by atomic mass is 10.0. The highest BCUT2D eigenvalue weighted by atomic mass is 127. The topological polar surface area (TPSA) is 249 Å². The van der Waals surface area contributed by atoms with Crippen LogP contribution in [0, 0.1) is 15.2 Å². The summed E-state index contributed by atoms with van der Waals surface area (Å²) < 4.78 is 55.1. The molecule has 0 bridgehead atoms. The number of nitrogens with one attached hydrogen (secondary N) is 1. The van der Waals surface area contributed by atoms with Gasteiger partial charge in [0.2, 0.25) is 0 Å². The van der Waals surface area contributed by atoms with E-state index in [1.807, 2.05) is 27.2 Å². The number of halogens is 1. The minimum absolute atomic E-state index is 0.112. The zero-order chi connectivity index (χ0) is 24.0. The third kappa shape index (κ3) is 4.44. The molecule has 9 N–H and O–H groups in total. The summed E-state index contributed by atoms with van der Waals surface area (Å²) in [6.07, 6.45) is 1.62. The second-order valence-corrected chi connectivity index (χ2v) is 11.5. The van der Waals surface area contributed by atoms with Crippen molar-refractivity contribution in [3.63, 3.8) is 0 Å². The maximum absolute atomic E-state index is 12.5. The molecule has 17 nitrogen and oxygen atoms in total. The van der Waals surface area contributed by atoms with Crippen LogP contribution in [0.15, 0.2) is 6.33 Å². The summed E-state index contributed by atoms with van der Waals surface area (Å²) in [5, 5.41) is 2.99. The van der Waals surface area contributed by atoms with Crippen molar-refractivity contribution >= 4 is 55.2 Å². The van der Waals surface area contributed by atoms with Crippen molar-refractivity contribution in [3.8, 4) is 0 Å². The van der Waals surface area contributed by atoms with Gasteiger partial charge in [-0.1, -0.05) is 0 Å². The van der Waals surface area contributed by atoms with E-state index in [0.717, 1.165) is 0 Å². The van der Waals surface area contributed by atoms with E-state index in [0.29, 0.717) is 33.7 Å². The van der Waals surface area contributed by atoms with Crippen LogP contribution in [0.2, 0.25) is 0 Å². The molecule has 4 rings (SSSR count). The fraction of sp³-hybridized carbons (Fsp3) is 0.615. The van der Waals surface area contributed by atoms with Crippen molar-refractivity contribution in [2.24, 2.45) is 34.9 Å². The molecule has 4 unspecified atom stereocenters. The average Bonchev–Trinajstić information content (AvgIpc) is 3.30. The summed E-state index contributed by atoms with van der Waals surface area (Å²) >= 11 is 2.01. The summed E-state index contributed by atoms with van der Waals surface area (Å²) in [4.78, 5) is 13.3. The predicted molar refractivity (Wildman–Crippen MR) is 119 cm³/mol. The number of hydrogen-bond donors (Lipinski definition) is 5. The Kier molecular flexibility index (Phi) is 7.12. The molecule has 0 aliphatic heterocycles. The Morgan fingerprint density at radius 2 is 1.85 bits per heavy atom. The van der Waals surface area contributed by atoms with E-state index in [4.69, 9.17) is 32.6 Å². The fourth-order valence-corrected chi connectivity index (χ4v) is 6.19. The van der Waals surface area contributed by atoms with Gasteiger partial charge in [-0.2, -0.15) is 18.5 Å². The van der Waals surface area contributed by atoms with Crippen molar-refractivity contribution in [1.29, 1.82) is 0 Å². The van der Waals surface area contributed by atoms with Crippen molar-refractivity contribution in [2.75, 3.05) is 19.0 Å². The first-order valence-electron chi connectivity index (χ1n) is 9.33. The third-order valence-corrected chi connectivity index (χ3v) is 8.47. The molecule has 20 heteroatoms. The van der Waals surface area contributed by atoms with Crippen LogP contribution in [0.25, 0.3) is 11.2 Å². The molecule has 2 saturated carbocycles. The van der Waals surface area contributed by atoms with E-state index in [2.05, 4.69) is 38.8 Å². The van der Waals surface area contributed by atoms with Crippen LogP contribution < -0.4 is 28.9 Å². The Morgan fingerprint density at radius 1 is 1.18 bits per heavy atom. The lowest BCUT2D eigenvalue weighted by Crippen LogP contribution is -2.28. The van der Waals surface area contributed by atoms with E-state index in [-0.39, 0.29) is 18.6 Å². The van der Waals surface area contributed by atoms with Gasteiger partial charge in [-0.3, -0.25) is 9.05 Å². The van der Waals surface area contributed by atoms with Crippen molar-refractivity contribution in [3.05, 3.63) is 10.2 Å². The number of rotatable bonds is 11. The molecule has 0 spiro atoms. The summed E-state index contributed by atoms with van der Waals surface area (Å²) in [6.45, 7) is -0.222. The van der Waals surface area contributed by atoms with Gasteiger partial charge < -0.3 is 9.88 Å². The van der Waals surface area contributed by atoms with Gasteiger partial charge in [0, 0.05) is 41.1 Å². The van der Waals surface area contributed by atoms with Gasteiger partial charge in [-0.05, 0) is 18.8 Å². The molecule has 0 amide bonds. The minimum atomic E-state index is -4.28. The van der Waals surface area contributed by atoms with Crippen LogP contribution in [0.4, 0.5) is 5.82 Å². The molecule has 0 aromatic carbocycles. The number of phosphoric acid groups is 2. The zero-order valence-electron chi connectivity index (χ0n) is 17.1. The van der Waals surface area contributed by atoms with Crippen LogP contribution in [0.1, 0.15) is 18.9 Å². The van der Waals surface area contributed by atoms with Gasteiger partial charge in [0.1, 0.15) is 0 Å². The smallest absolute Gasteiger partial charge is 0.371 e. The van der Waals surface area contributed by atoms with Crippen LogP contribution in [0.3, 0.4) is 0 Å². The normalized spacial score (nSPS) is 27.2. The lowest BCUT2D eigenvalue weighted by Gasteiger charge is -2.26. The van der Waals surface area contributed by atoms with E-state index >= 15 is 0 Å². The van der Waals surface area contributed by atoms with E-state index < -0.39 is 27.2 Å². The molecule has 2 heterocycles. The maximum Gasteiger partial charge on any atom is 0.507 e. The largest absolute Gasteiger partial charge is 0.507 e. The van der Waals surface area contributed by atoms with Crippen molar-refractivity contribution in [1.82, 2.24) is 19.5 Å². The quantitative estimate of drug-likeness (QED) is 0.0997. The molecule has 2 aliphatic rings. The number of anilines is 1. The highest BCUT2D eigenvalue weighted by Gasteiger charge is 2.70. The third-order valence-electron chi connectivity index (χ3n) is 5.99. The highest BCUT2D eigenvalue weighted by Crippen LogP contribution is 2.72. The summed E-state index contributed by atoms with van der Waals surface area (Å²) in [5.74, 6) is 20.5. The molecule has 2 aliphatic carbocycles. The van der Waals surface area contributed by atoms with Gasteiger partial charge in [0.05, 0.1) is 19.0 Å². The fourth-order valence-electron chi connectivity index (χ4n) is 4.39. The Bertz CT molecular complexity index is 1120. The predicted octanol–water partition coefficient (Wildman–Crippen LogP) is 0.603. The number of fused-ring (bicyclic) bond motifs is 2. The van der Waals surface area contributed by atoms with Crippen LogP contribution in [-0.4, -0.2) is 39.3 Å². The Morgan fingerprint density at radius 3 is 2.45 bits per heavy atom. The number of aromatic nitrogens is 4. The first-order chi connectivity index (χ1) is 15.7. The first kappa shape index (κ1) is 25.2. The molecule has 184 valence electrons. The SMILES string of the molecule is CNc1nc(I)nc2c1ncn2C1CC(OP(=O)(ON)ON)C2(COP(=O)(ON)ON)CC12. The van der Waals surface area contributed by atoms with E-state index in [9.17, 15) is 9.13 Å². The van der Waals surface area contributed by atoms with Crippen LogP contribution in [0.5, 0.6) is 0 Å². The van der Waals surface area contributed by atoms with E-state index in [1.165, 1.54) is 0 Å². The molecule has 4 atom stereocenters. The Hall–Kier alpha value is -0.860. The van der Waals surface area contributed by atoms with Gasteiger partial charge in [-0.15, -0.1) is 0 Å². The minimum Gasteiger partial charge on any atom is -0.371 e. The lowest BCUT2D eigenvalue weighted by molar-refractivity contribution is 0.0207. The molecule has 2 fully saturated rings. The maximum atomic E-state index is 12.5. The molecular formula is C13H22IN9O8P2. The Labute approximate surface area is 200 Å². The second kappa shape index (κ2) is 9.30. The molecule has 0 radical (unpaired) electrons. The number of hydrogen-bond acceptors (Lipinski definition) is 16. The first-order valence-corrected chi connectivity index (χ1v) is 13.3. The van der Waals surface area contributed by atoms with E-state index in [1.54, 1.807) is 13.4 Å². The summed E-state index contributed by atoms with van der Waals surface area (Å²) in [7, 11) is -6.75. The van der Waals surface area contributed by atoms with Gasteiger partial charge in [0.25, 0.3) is 0 Å². The second-order valence-electron chi connectivity index (χ2n) is 7.45.